The van der Waals surface area contributed by atoms with Gasteiger partial charge >= 0.3 is 0 Å². The van der Waals surface area contributed by atoms with Crippen LogP contribution in [0.5, 0.6) is 5.75 Å². The number of nitrogens with one attached hydrogen (secondary N) is 1. The van der Waals surface area contributed by atoms with Gasteiger partial charge in [-0.1, -0.05) is 31.9 Å². The van der Waals surface area contributed by atoms with Crippen molar-refractivity contribution in [1.82, 2.24) is 5.32 Å². The maximum Gasteiger partial charge on any atom is 0.119 e. The molecule has 0 fully saturated rings. The Bertz CT molecular complexity index is 379. The first-order valence-corrected chi connectivity index (χ1v) is 9.17. The molecule has 0 heterocycles. The van der Waals surface area contributed by atoms with E-state index in [1.165, 1.54) is 18.4 Å². The van der Waals surface area contributed by atoms with Crippen molar-refractivity contribution in [3.8, 4) is 5.75 Å². The molecule has 0 spiro atoms. The number of rotatable bonds is 11. The van der Waals surface area contributed by atoms with E-state index in [-0.39, 0.29) is 0 Å². The molecule has 1 rings (SSSR count). The van der Waals surface area contributed by atoms with Gasteiger partial charge in [-0.25, -0.2) is 0 Å². The monoisotopic (exact) mass is 297 g/mol. The van der Waals surface area contributed by atoms with Crippen LogP contribution in [0.2, 0.25) is 0 Å². The standard InChI is InChI=1S/C16H27NO2S/c1-3-4-5-12-19-16-9-7-15(8-10-16)14-17-11-6-13-20(2)18/h7-10,17H,3-6,11-14H2,1-2H3. The molecule has 0 saturated carbocycles. The van der Waals surface area contributed by atoms with E-state index in [1.54, 1.807) is 6.26 Å². The number of ether oxygens (including phenoxy) is 1. The Hall–Kier alpha value is -0.870. The van der Waals surface area contributed by atoms with E-state index >= 15 is 0 Å². The third-order valence-electron chi connectivity index (χ3n) is 3.05. The summed E-state index contributed by atoms with van der Waals surface area (Å²) in [6, 6.07) is 8.26. The lowest BCUT2D eigenvalue weighted by Gasteiger charge is -2.08. The van der Waals surface area contributed by atoms with Crippen LogP contribution in [-0.4, -0.2) is 29.4 Å². The number of benzene rings is 1. The zero-order valence-electron chi connectivity index (χ0n) is 12.7. The van der Waals surface area contributed by atoms with Gasteiger partial charge in [0.15, 0.2) is 0 Å². The summed E-state index contributed by atoms with van der Waals surface area (Å²) in [5.74, 6) is 1.73. The van der Waals surface area contributed by atoms with Crippen LogP contribution in [0.15, 0.2) is 24.3 Å². The fraction of sp³-hybridized carbons (Fsp3) is 0.625. The average Bonchev–Trinajstić information content (AvgIpc) is 2.44. The molecule has 0 bridgehead atoms. The molecule has 1 atom stereocenters. The van der Waals surface area contributed by atoms with Crippen molar-refractivity contribution in [3.05, 3.63) is 29.8 Å². The predicted octanol–water partition coefficient (Wildman–Crippen LogP) is 3.11. The molecule has 20 heavy (non-hydrogen) atoms. The van der Waals surface area contributed by atoms with Crippen molar-refractivity contribution in [2.45, 2.75) is 39.2 Å². The molecule has 1 aromatic rings. The highest BCUT2D eigenvalue weighted by atomic mass is 32.2. The van der Waals surface area contributed by atoms with Crippen LogP contribution in [-0.2, 0) is 17.3 Å². The molecule has 4 heteroatoms. The third kappa shape index (κ3) is 8.33. The van der Waals surface area contributed by atoms with Crippen LogP contribution < -0.4 is 10.1 Å². The van der Waals surface area contributed by atoms with Gasteiger partial charge in [0.25, 0.3) is 0 Å². The second-order valence-corrected chi connectivity index (χ2v) is 6.56. The Balaban J connectivity index is 2.16. The Morgan fingerprint density at radius 1 is 1.15 bits per heavy atom. The van der Waals surface area contributed by atoms with Gasteiger partial charge in [-0.05, 0) is 37.1 Å². The van der Waals surface area contributed by atoms with Gasteiger partial charge in [0.1, 0.15) is 5.75 Å². The van der Waals surface area contributed by atoms with Crippen molar-refractivity contribution in [2.24, 2.45) is 0 Å². The molecular formula is C16H27NO2S. The molecule has 0 amide bonds. The van der Waals surface area contributed by atoms with Gasteiger partial charge in [-0.2, -0.15) is 0 Å². The third-order valence-corrected chi connectivity index (χ3v) is 3.92. The molecule has 1 aromatic carbocycles. The van der Waals surface area contributed by atoms with E-state index < -0.39 is 10.8 Å². The molecule has 0 aromatic heterocycles. The average molecular weight is 297 g/mol. The Morgan fingerprint density at radius 2 is 1.90 bits per heavy atom. The van der Waals surface area contributed by atoms with Crippen LogP contribution in [0.25, 0.3) is 0 Å². The lowest BCUT2D eigenvalue weighted by atomic mass is 10.2. The smallest absolute Gasteiger partial charge is 0.119 e. The topological polar surface area (TPSA) is 38.3 Å². The first-order chi connectivity index (χ1) is 9.72. The Morgan fingerprint density at radius 3 is 2.55 bits per heavy atom. The fourth-order valence-electron chi connectivity index (χ4n) is 1.88. The zero-order chi connectivity index (χ0) is 14.6. The molecule has 1 unspecified atom stereocenters. The second-order valence-electron chi connectivity index (χ2n) is 5.01. The van der Waals surface area contributed by atoms with E-state index in [9.17, 15) is 4.21 Å². The predicted molar refractivity (Wildman–Crippen MR) is 86.7 cm³/mol. The second kappa shape index (κ2) is 10.9. The minimum absolute atomic E-state index is 0.678. The van der Waals surface area contributed by atoms with Gasteiger partial charge in [-0.3, -0.25) is 4.21 Å². The van der Waals surface area contributed by atoms with Gasteiger partial charge in [0.05, 0.1) is 6.61 Å². The van der Waals surface area contributed by atoms with Crippen molar-refractivity contribution < 1.29 is 8.95 Å². The molecule has 0 aliphatic carbocycles. The van der Waals surface area contributed by atoms with Crippen molar-refractivity contribution in [1.29, 1.82) is 0 Å². The highest BCUT2D eigenvalue weighted by Crippen LogP contribution is 2.12. The molecule has 0 aliphatic rings. The minimum atomic E-state index is -0.678. The summed E-state index contributed by atoms with van der Waals surface area (Å²) in [4.78, 5) is 0. The van der Waals surface area contributed by atoms with E-state index in [0.717, 1.165) is 44.0 Å². The fourth-order valence-corrected chi connectivity index (χ4v) is 2.43. The van der Waals surface area contributed by atoms with Gasteiger partial charge in [0.2, 0.25) is 0 Å². The summed E-state index contributed by atoms with van der Waals surface area (Å²) >= 11 is 0. The van der Waals surface area contributed by atoms with Gasteiger partial charge in [0, 0.05) is 29.4 Å². The van der Waals surface area contributed by atoms with E-state index in [0.29, 0.717) is 0 Å². The summed E-state index contributed by atoms with van der Waals surface area (Å²) in [6.45, 7) is 4.76. The van der Waals surface area contributed by atoms with Crippen LogP contribution in [0.3, 0.4) is 0 Å². The summed E-state index contributed by atoms with van der Waals surface area (Å²) in [5, 5.41) is 3.36. The van der Waals surface area contributed by atoms with E-state index in [4.69, 9.17) is 4.74 Å². The van der Waals surface area contributed by atoms with Crippen molar-refractivity contribution in [3.63, 3.8) is 0 Å². The quantitative estimate of drug-likeness (QED) is 0.638. The highest BCUT2D eigenvalue weighted by molar-refractivity contribution is 7.84. The molecule has 0 aliphatic heterocycles. The van der Waals surface area contributed by atoms with Crippen LogP contribution in [0.1, 0.15) is 38.2 Å². The maximum absolute atomic E-state index is 10.9. The molecule has 0 radical (unpaired) electrons. The summed E-state index contributed by atoms with van der Waals surface area (Å²) in [6.07, 6.45) is 6.28. The van der Waals surface area contributed by atoms with Crippen LogP contribution in [0, 0.1) is 0 Å². The molecule has 0 saturated heterocycles. The lowest BCUT2D eigenvalue weighted by Crippen LogP contribution is -2.16. The lowest BCUT2D eigenvalue weighted by molar-refractivity contribution is 0.306. The van der Waals surface area contributed by atoms with Crippen molar-refractivity contribution >= 4 is 10.8 Å². The SMILES string of the molecule is CCCCCOc1ccc(CNCCCS(C)=O)cc1. The number of unbranched alkanes of at least 4 members (excludes halogenated alkanes) is 2. The zero-order valence-corrected chi connectivity index (χ0v) is 13.5. The highest BCUT2D eigenvalue weighted by Gasteiger charge is 1.97. The first kappa shape index (κ1) is 17.2. The Labute approximate surface area is 125 Å². The summed E-state index contributed by atoms with van der Waals surface area (Å²) < 4.78 is 16.6. The largest absolute Gasteiger partial charge is 0.494 e. The van der Waals surface area contributed by atoms with Crippen LogP contribution >= 0.6 is 0 Å². The normalized spacial score (nSPS) is 12.3. The molecule has 3 nitrogen and oxygen atoms in total. The Kier molecular flexibility index (Phi) is 9.33. The minimum Gasteiger partial charge on any atom is -0.494 e. The maximum atomic E-state index is 10.9. The number of hydrogen-bond acceptors (Lipinski definition) is 3. The molecule has 1 N–H and O–H groups in total. The van der Waals surface area contributed by atoms with E-state index in [2.05, 4.69) is 24.4 Å². The van der Waals surface area contributed by atoms with Crippen molar-refractivity contribution in [2.75, 3.05) is 25.2 Å². The number of hydrogen-bond donors (Lipinski definition) is 1. The first-order valence-electron chi connectivity index (χ1n) is 7.45. The van der Waals surface area contributed by atoms with Crippen LogP contribution in [0.4, 0.5) is 0 Å². The van der Waals surface area contributed by atoms with E-state index in [1.807, 2.05) is 12.1 Å². The molecular weight excluding hydrogens is 270 g/mol. The van der Waals surface area contributed by atoms with Gasteiger partial charge in [-0.15, -0.1) is 0 Å². The summed E-state index contributed by atoms with van der Waals surface area (Å²) in [5.41, 5.74) is 1.25. The van der Waals surface area contributed by atoms with Gasteiger partial charge < -0.3 is 10.1 Å². The summed E-state index contributed by atoms with van der Waals surface area (Å²) in [7, 11) is -0.678. The molecule has 114 valence electrons.